The van der Waals surface area contributed by atoms with E-state index in [1.54, 1.807) is 0 Å². The molecular weight excluding hydrogens is 280 g/mol. The monoisotopic (exact) mass is 302 g/mol. The summed E-state index contributed by atoms with van der Waals surface area (Å²) in [5, 5.41) is 4.24. The van der Waals surface area contributed by atoms with Gasteiger partial charge in [-0.1, -0.05) is 0 Å². The first-order valence-corrected chi connectivity index (χ1v) is 7.80. The van der Waals surface area contributed by atoms with E-state index in [1.807, 2.05) is 0 Å². The summed E-state index contributed by atoms with van der Waals surface area (Å²) in [6, 6.07) is 0. The van der Waals surface area contributed by atoms with E-state index in [1.165, 1.54) is 41.5 Å². The average Bonchev–Trinajstić information content (AvgIpc) is 2.06. The third-order valence-corrected chi connectivity index (χ3v) is 3.16. The third-order valence-electron chi connectivity index (χ3n) is 1.52. The molecule has 0 atom stereocenters. The van der Waals surface area contributed by atoms with Crippen LogP contribution in [0.3, 0.4) is 0 Å². The van der Waals surface area contributed by atoms with Crippen molar-refractivity contribution in [3.8, 4) is 0 Å². The molecule has 0 fully saturated rings. The van der Waals surface area contributed by atoms with E-state index in [9.17, 15) is 0 Å². The van der Waals surface area contributed by atoms with E-state index in [4.69, 9.17) is 0 Å². The minimum absolute atomic E-state index is 0. The minimum Gasteiger partial charge on any atom is -1.00 e. The van der Waals surface area contributed by atoms with Gasteiger partial charge in [0.1, 0.15) is 0 Å². The van der Waals surface area contributed by atoms with Crippen LogP contribution in [0.2, 0.25) is 15.8 Å². The maximum atomic E-state index is 2.58. The maximum Gasteiger partial charge on any atom is -1.00 e. The van der Waals surface area contributed by atoms with Crippen LogP contribution in [-0.4, -0.2) is 31.5 Å². The Hall–Kier alpha value is 1.93. The van der Waals surface area contributed by atoms with Gasteiger partial charge in [0.15, 0.2) is 0 Å². The Morgan fingerprint density at radius 1 is 0.800 bits per heavy atom. The van der Waals surface area contributed by atoms with Crippen molar-refractivity contribution in [2.45, 2.75) is 62.3 Å². The summed E-state index contributed by atoms with van der Waals surface area (Å²) < 4.78 is 0. The molecule has 15 heavy (non-hydrogen) atoms. The van der Waals surface area contributed by atoms with Crippen molar-refractivity contribution in [1.82, 2.24) is 0 Å². The van der Waals surface area contributed by atoms with E-state index < -0.39 is 0 Å². The third kappa shape index (κ3) is 49.1. The van der Waals surface area contributed by atoms with E-state index >= 15 is 0 Å². The second-order valence-electron chi connectivity index (χ2n) is 2.98. The fraction of sp³-hybridized carbons (Fsp3) is 1.00. The van der Waals surface area contributed by atoms with Gasteiger partial charge in [0.25, 0.3) is 0 Å². The summed E-state index contributed by atoms with van der Waals surface area (Å²) in [5.74, 6) is 0. The van der Waals surface area contributed by atoms with Gasteiger partial charge in [-0.15, -0.1) is 0 Å². The zero-order valence-electron chi connectivity index (χ0n) is 10.2. The van der Waals surface area contributed by atoms with Crippen LogP contribution in [0.1, 0.15) is 46.5 Å². The molecule has 0 saturated heterocycles. The minimum atomic E-state index is 0. The molecule has 0 N–H and O–H groups in total. The Bertz CT molecular complexity index is 60.6. The van der Waals surface area contributed by atoms with Gasteiger partial charge in [0.05, 0.1) is 0 Å². The average molecular weight is 304 g/mol. The van der Waals surface area contributed by atoms with Crippen molar-refractivity contribution in [1.29, 1.82) is 0 Å². The van der Waals surface area contributed by atoms with Crippen LogP contribution in [0.25, 0.3) is 0 Å². The first-order chi connectivity index (χ1) is 5.83. The second-order valence-corrected chi connectivity index (χ2v) is 5.53. The normalized spacial score (nSPS) is 6.73. The van der Waals surface area contributed by atoms with Gasteiger partial charge in [0.2, 0.25) is 0 Å². The van der Waals surface area contributed by atoms with Crippen LogP contribution in [0, 0.1) is 0 Å². The van der Waals surface area contributed by atoms with Crippen LogP contribution in [-0.2, 0) is 0 Å². The molecule has 0 aromatic rings. The molecule has 0 heterocycles. The van der Waals surface area contributed by atoms with E-state index in [0.29, 0.717) is 0 Å². The topological polar surface area (TPSA) is 0 Å². The molecule has 0 unspecified atom stereocenters. The molecule has 0 spiro atoms. The molecule has 5 heteroatoms. The van der Waals surface area contributed by atoms with Gasteiger partial charge < -0.3 is 37.2 Å². The Kier molecular flexibility index (Phi) is 72.5. The van der Waals surface area contributed by atoms with Crippen molar-refractivity contribution < 1.29 is 37.2 Å². The number of rotatable bonds is 6. The summed E-state index contributed by atoms with van der Waals surface area (Å²) in [4.78, 5) is 0. The predicted molar refractivity (Wildman–Crippen MR) is 61.4 cm³/mol. The van der Waals surface area contributed by atoms with Gasteiger partial charge in [-0.2, -0.15) is 0 Å². The van der Waals surface area contributed by atoms with Gasteiger partial charge in [-0.05, 0) is 0 Å². The van der Waals surface area contributed by atoms with E-state index in [2.05, 4.69) is 37.1 Å². The number of unbranched alkanes of at least 4 members (excludes halogenated alkanes) is 2. The van der Waals surface area contributed by atoms with Crippen molar-refractivity contribution in [3.05, 3.63) is 0 Å². The predicted octanol–water partition coefficient (Wildman–Crippen LogP) is -5.27. The molecule has 0 aliphatic carbocycles. The summed E-state index contributed by atoms with van der Waals surface area (Å²) >= 11 is 3.40. The van der Waals surface area contributed by atoms with Crippen molar-refractivity contribution in [2.75, 3.05) is 0 Å². The number of hydrogen-bond donors (Lipinski definition) is 0. The molecule has 90 valence electrons. The molecule has 0 saturated carbocycles. The summed E-state index contributed by atoms with van der Waals surface area (Å²) in [6.07, 6.45) is 5.72. The zero-order valence-corrected chi connectivity index (χ0v) is 14.8. The standard InChI is InChI=1S/2C4H9.C2H5.2Al.3ClH/c2*1-3-4-2;1-2;;;;;/h2*1,3-4H2,2H3;1H2,2H3;;;3*1H/q;;;+1;+2;;;/p-3. The van der Waals surface area contributed by atoms with Gasteiger partial charge in [-0.3, -0.25) is 0 Å². The summed E-state index contributed by atoms with van der Waals surface area (Å²) in [6.45, 7) is 6.64. The molecular formula is C10H23Al2Cl3. The first kappa shape index (κ1) is 30.2. The smallest absolute Gasteiger partial charge is 1.00 e. The van der Waals surface area contributed by atoms with Gasteiger partial charge in [-0.25, -0.2) is 0 Å². The Morgan fingerprint density at radius 2 is 1.07 bits per heavy atom. The molecule has 0 aliphatic heterocycles. The molecule has 0 radical (unpaired) electrons. The van der Waals surface area contributed by atoms with Gasteiger partial charge in [0, 0.05) is 0 Å². The molecule has 0 nitrogen and oxygen atoms in total. The van der Waals surface area contributed by atoms with Crippen molar-refractivity contribution in [2.24, 2.45) is 0 Å². The zero-order chi connectivity index (χ0) is 9.66. The molecule has 0 amide bonds. The number of halogens is 3. The largest absolute Gasteiger partial charge is 1.00 e. The van der Waals surface area contributed by atoms with Crippen LogP contribution < -0.4 is 37.2 Å². The maximum absolute atomic E-state index is 2.58. The fourth-order valence-corrected chi connectivity index (χ4v) is 2.52. The van der Waals surface area contributed by atoms with Crippen molar-refractivity contribution >= 4 is 31.5 Å². The Labute approximate surface area is 130 Å². The Balaban J connectivity index is -0.0000000500. The van der Waals surface area contributed by atoms with Crippen LogP contribution >= 0.6 is 0 Å². The molecule has 0 aromatic carbocycles. The summed E-state index contributed by atoms with van der Waals surface area (Å²) in [5.41, 5.74) is 0. The van der Waals surface area contributed by atoms with Gasteiger partial charge >= 0.3 is 93.8 Å². The SMILES string of the molecule is CCC[CH2][Al+][CH2]CCC.C[CH2][Al+2].[Cl-].[Cl-].[Cl-]. The number of hydrogen-bond acceptors (Lipinski definition) is 0. The van der Waals surface area contributed by atoms with Crippen molar-refractivity contribution in [3.63, 3.8) is 0 Å². The molecule has 0 aromatic heterocycles. The molecule has 0 bridgehead atoms. The fourth-order valence-electron chi connectivity index (χ4n) is 0.841. The molecule has 0 rings (SSSR count). The molecule has 0 aliphatic rings. The van der Waals surface area contributed by atoms with E-state index in [-0.39, 0.29) is 37.2 Å². The van der Waals surface area contributed by atoms with Crippen LogP contribution in [0.5, 0.6) is 0 Å². The quantitative estimate of drug-likeness (QED) is 0.340. The van der Waals surface area contributed by atoms with Crippen LogP contribution in [0.15, 0.2) is 0 Å². The second kappa shape index (κ2) is 36.0. The Morgan fingerprint density at radius 3 is 1.27 bits per heavy atom. The van der Waals surface area contributed by atoms with E-state index in [0.717, 1.165) is 15.2 Å². The first-order valence-electron chi connectivity index (χ1n) is 5.35. The summed E-state index contributed by atoms with van der Waals surface area (Å²) in [7, 11) is 0. The van der Waals surface area contributed by atoms with Crippen LogP contribution in [0.4, 0.5) is 0 Å².